The van der Waals surface area contributed by atoms with E-state index in [-0.39, 0.29) is 3.42 Å². The van der Waals surface area contributed by atoms with Gasteiger partial charge in [0.25, 0.3) is 0 Å². The van der Waals surface area contributed by atoms with Crippen molar-refractivity contribution in [2.24, 2.45) is 0 Å². The van der Waals surface area contributed by atoms with Crippen LogP contribution < -0.4 is 25.3 Å². The van der Waals surface area contributed by atoms with Gasteiger partial charge < -0.3 is 0 Å². The summed E-state index contributed by atoms with van der Waals surface area (Å²) in [6.07, 6.45) is 6.26. The molecule has 2 aromatic carbocycles. The molecule has 1 atom stereocenters. The number of fused-ring (bicyclic) bond motifs is 3. The van der Waals surface area contributed by atoms with Gasteiger partial charge in [-0.3, -0.25) is 0 Å². The van der Waals surface area contributed by atoms with E-state index in [4.69, 9.17) is 0 Å². The van der Waals surface area contributed by atoms with E-state index in [1.807, 2.05) is 24.3 Å². The Morgan fingerprint density at radius 3 is 2.47 bits per heavy atom. The number of rotatable bonds is 6. The molecular weight excluding hydrogens is 505 g/mol. The number of nitriles is 1. The summed E-state index contributed by atoms with van der Waals surface area (Å²) in [6, 6.07) is 23.4. The first-order valence-electron chi connectivity index (χ1n) is 11.0. The molecule has 1 aliphatic rings. The third kappa shape index (κ3) is 2.99. The number of alkyl halides is 1. The van der Waals surface area contributed by atoms with E-state index in [1.165, 1.54) is 16.8 Å². The number of allylic oxidation sites excluding steroid dienone is 2. The van der Waals surface area contributed by atoms with Gasteiger partial charge in [-0.2, -0.15) is 0 Å². The van der Waals surface area contributed by atoms with Crippen LogP contribution in [0.3, 0.4) is 0 Å². The van der Waals surface area contributed by atoms with Gasteiger partial charge in [0.2, 0.25) is 0 Å². The molecule has 0 saturated carbocycles. The van der Waals surface area contributed by atoms with Gasteiger partial charge in [-0.1, -0.05) is 0 Å². The summed E-state index contributed by atoms with van der Waals surface area (Å²) in [6.45, 7) is 13.3. The van der Waals surface area contributed by atoms with E-state index in [0.717, 1.165) is 27.5 Å². The second-order valence-corrected chi connectivity index (χ2v) is 16.5. The summed E-state index contributed by atoms with van der Waals surface area (Å²) in [5.41, 5.74) is 6.72. The third-order valence-corrected chi connectivity index (χ3v) is 18.2. The first kappa shape index (κ1) is 22.4. The number of benzene rings is 2. The van der Waals surface area contributed by atoms with Crippen molar-refractivity contribution in [2.45, 2.75) is 30.1 Å². The molecule has 3 aromatic rings. The number of hydrogen-bond donors (Lipinski definition) is 1. The fraction of sp³-hybridized carbons (Fsp3) is 0.214. The van der Waals surface area contributed by atoms with Crippen molar-refractivity contribution in [2.75, 3.05) is 7.05 Å². The van der Waals surface area contributed by atoms with Crippen LogP contribution in [0.15, 0.2) is 89.7 Å². The molecule has 1 N–H and O–H groups in total. The maximum atomic E-state index is 9.36. The summed E-state index contributed by atoms with van der Waals surface area (Å²) < 4.78 is 7.50. The molecule has 1 unspecified atom stereocenters. The zero-order valence-corrected chi connectivity index (χ0v) is 21.2. The molecule has 164 valence electrons. The Kier molecular flexibility index (Phi) is 6.07. The Morgan fingerprint density at radius 1 is 1.09 bits per heavy atom. The van der Waals surface area contributed by atoms with Crippen LogP contribution in [0.25, 0.3) is 22.4 Å². The van der Waals surface area contributed by atoms with E-state index in [2.05, 4.69) is 95.1 Å². The van der Waals surface area contributed by atoms with E-state index in [1.54, 1.807) is 0 Å². The quantitative estimate of drug-likeness (QED) is 0.228. The van der Waals surface area contributed by atoms with Crippen LogP contribution in [-0.4, -0.2) is 7.05 Å². The standard InChI is InChI=1S/C28H30IN3/c1-6-21(4)29(31-5)28(7-2,8-3)26-15-10-9-14-25(26)27-19-24(16-17-32(27)29)23-13-11-12-22(18-23)20-30/h6,9-19,31H,1,4,7-8H2,2-3,5H3. The van der Waals surface area contributed by atoms with Crippen molar-refractivity contribution in [1.29, 1.82) is 5.26 Å². The number of halogens is 1. The van der Waals surface area contributed by atoms with Crippen molar-refractivity contribution < 1.29 is 21.8 Å². The summed E-state index contributed by atoms with van der Waals surface area (Å²) in [4.78, 5) is 0. The first-order chi connectivity index (χ1) is 15.5. The minimum atomic E-state index is -3.14. The van der Waals surface area contributed by atoms with Gasteiger partial charge in [0, 0.05) is 0 Å². The molecule has 1 aromatic heterocycles. The fourth-order valence-electron chi connectivity index (χ4n) is 5.14. The van der Waals surface area contributed by atoms with Crippen molar-refractivity contribution in [3.05, 3.63) is 101 Å². The van der Waals surface area contributed by atoms with Crippen LogP contribution >= 0.6 is 0 Å². The Labute approximate surface area is 196 Å². The Bertz CT molecular complexity index is 1250. The number of hydrogen-bond acceptors (Lipinski definition) is 2. The van der Waals surface area contributed by atoms with Crippen LogP contribution in [0, 0.1) is 11.3 Å². The van der Waals surface area contributed by atoms with Gasteiger partial charge in [-0.05, 0) is 0 Å². The van der Waals surface area contributed by atoms with Crippen molar-refractivity contribution in [3.63, 3.8) is 0 Å². The van der Waals surface area contributed by atoms with E-state index < -0.39 is 19.0 Å². The topological polar surface area (TPSA) is 39.7 Å². The van der Waals surface area contributed by atoms with Crippen LogP contribution in [0.1, 0.15) is 37.8 Å². The Hall–Kier alpha value is -2.75. The molecule has 32 heavy (non-hydrogen) atoms. The molecule has 0 amide bonds. The van der Waals surface area contributed by atoms with Gasteiger partial charge in [-0.25, -0.2) is 0 Å². The predicted molar refractivity (Wildman–Crippen MR) is 128 cm³/mol. The van der Waals surface area contributed by atoms with Crippen LogP contribution in [0.2, 0.25) is 0 Å². The molecule has 2 heterocycles. The van der Waals surface area contributed by atoms with E-state index >= 15 is 0 Å². The average Bonchev–Trinajstić information content (AvgIpc) is 2.87. The number of pyridine rings is 1. The molecule has 4 rings (SSSR count). The van der Waals surface area contributed by atoms with Gasteiger partial charge in [0.15, 0.2) is 0 Å². The third-order valence-electron chi connectivity index (χ3n) is 6.68. The van der Waals surface area contributed by atoms with Crippen LogP contribution in [0.4, 0.5) is 0 Å². The van der Waals surface area contributed by atoms with Crippen molar-refractivity contribution >= 4 is 0 Å². The molecule has 0 fully saturated rings. The average molecular weight is 535 g/mol. The SMILES string of the molecule is C=CC(=C)[I-]1(NC)[n+]2ccc(-c3cccc(C#N)c3)cc2-c2ccccc2C1(CC)CC. The van der Waals surface area contributed by atoms with Gasteiger partial charge in [0.05, 0.1) is 0 Å². The molecule has 0 bridgehead atoms. The molecule has 0 aliphatic carbocycles. The van der Waals surface area contributed by atoms with Crippen LogP contribution in [0.5, 0.6) is 0 Å². The summed E-state index contributed by atoms with van der Waals surface area (Å²) in [5, 5.41) is 9.36. The molecule has 0 radical (unpaired) electrons. The van der Waals surface area contributed by atoms with Gasteiger partial charge in [0.1, 0.15) is 0 Å². The number of nitrogens with one attached hydrogen (secondary N) is 1. The summed E-state index contributed by atoms with van der Waals surface area (Å²) in [7, 11) is 2.10. The normalized spacial score (nSPS) is 20.2. The zero-order chi connectivity index (χ0) is 22.9. The van der Waals surface area contributed by atoms with Gasteiger partial charge in [-0.15, -0.1) is 0 Å². The number of aromatic nitrogens is 1. The summed E-state index contributed by atoms with van der Waals surface area (Å²) in [5.74, 6) is 0. The van der Waals surface area contributed by atoms with Crippen LogP contribution in [-0.2, 0) is 3.42 Å². The Morgan fingerprint density at radius 2 is 1.81 bits per heavy atom. The molecule has 4 heteroatoms. The predicted octanol–water partition coefficient (Wildman–Crippen LogP) is 2.97. The van der Waals surface area contributed by atoms with Crippen molar-refractivity contribution in [3.8, 4) is 28.5 Å². The van der Waals surface area contributed by atoms with Gasteiger partial charge >= 0.3 is 197 Å². The molecule has 0 spiro atoms. The zero-order valence-electron chi connectivity index (χ0n) is 19.0. The summed E-state index contributed by atoms with van der Waals surface area (Å²) >= 11 is -3.14. The Balaban J connectivity index is 2.09. The molecule has 3 nitrogen and oxygen atoms in total. The monoisotopic (exact) mass is 535 g/mol. The maximum absolute atomic E-state index is 9.36. The molecule has 0 saturated heterocycles. The fourth-order valence-corrected chi connectivity index (χ4v) is 16.3. The number of nitrogens with zero attached hydrogens (tertiary/aromatic N) is 2. The second kappa shape index (κ2) is 8.65. The molecule has 1 aliphatic heterocycles. The van der Waals surface area contributed by atoms with E-state index in [9.17, 15) is 5.26 Å². The van der Waals surface area contributed by atoms with Crippen molar-refractivity contribution in [1.82, 2.24) is 3.53 Å². The second-order valence-electron chi connectivity index (χ2n) is 7.90. The minimum absolute atomic E-state index is 0.0109. The first-order valence-corrected chi connectivity index (χ1v) is 15.2. The molecular formula is C28H30IN3. The van der Waals surface area contributed by atoms with E-state index in [0.29, 0.717) is 5.56 Å².